The maximum Gasteiger partial charge on any atom is 0.310 e. The molecule has 0 aliphatic carbocycles. The lowest BCUT2D eigenvalue weighted by Crippen LogP contribution is -2.28. The van der Waals surface area contributed by atoms with E-state index < -0.39 is 0 Å². The number of methoxy groups -OCH3 is 1. The normalized spacial score (nSPS) is 17.4. The number of fused-ring (bicyclic) bond motifs is 1. The second-order valence-corrected chi connectivity index (χ2v) is 5.41. The predicted octanol–water partition coefficient (Wildman–Crippen LogP) is 3.08. The van der Waals surface area contributed by atoms with E-state index in [2.05, 4.69) is 4.98 Å². The molecule has 0 bridgehead atoms. The maximum absolute atomic E-state index is 13.4. The third kappa shape index (κ3) is 2.53. The summed E-state index contributed by atoms with van der Waals surface area (Å²) < 4.78 is 20.1. The molecule has 1 atom stereocenters. The number of hydrogen-bond donors (Lipinski definition) is 0. The lowest BCUT2D eigenvalue weighted by molar-refractivity contribution is -0.146. The number of halogens is 2. The van der Waals surface area contributed by atoms with Crippen molar-refractivity contribution in [2.24, 2.45) is 5.92 Å². The van der Waals surface area contributed by atoms with Gasteiger partial charge in [0, 0.05) is 12.1 Å². The standard InChI is InChI=1S/C15H14ClFN2O2/c1-21-15(20)10-5-6-12-13(16)18-14(19(12)8-10)9-3-2-4-11(17)7-9/h2-4,7,10H,5-6,8H2,1H3. The zero-order valence-electron chi connectivity index (χ0n) is 11.5. The first-order valence-electron chi connectivity index (χ1n) is 6.69. The number of esters is 1. The van der Waals surface area contributed by atoms with Gasteiger partial charge in [-0.05, 0) is 25.0 Å². The van der Waals surface area contributed by atoms with E-state index in [1.165, 1.54) is 19.2 Å². The Hall–Kier alpha value is -1.88. The van der Waals surface area contributed by atoms with Crippen LogP contribution in [0.5, 0.6) is 0 Å². The fourth-order valence-electron chi connectivity index (χ4n) is 2.72. The van der Waals surface area contributed by atoms with E-state index in [1.807, 2.05) is 4.57 Å². The number of benzene rings is 1. The molecule has 1 unspecified atom stereocenters. The number of ether oxygens (including phenoxy) is 1. The monoisotopic (exact) mass is 308 g/mol. The van der Waals surface area contributed by atoms with Crippen molar-refractivity contribution >= 4 is 17.6 Å². The van der Waals surface area contributed by atoms with Crippen LogP contribution in [0.25, 0.3) is 11.4 Å². The first-order valence-corrected chi connectivity index (χ1v) is 7.06. The second kappa shape index (κ2) is 5.48. The number of imidazole rings is 1. The fraction of sp³-hybridized carbons (Fsp3) is 0.333. The largest absolute Gasteiger partial charge is 0.469 e. The molecule has 110 valence electrons. The predicted molar refractivity (Wildman–Crippen MR) is 76.5 cm³/mol. The molecule has 2 heterocycles. The Morgan fingerprint density at radius 3 is 3.05 bits per heavy atom. The topological polar surface area (TPSA) is 44.1 Å². The van der Waals surface area contributed by atoms with Gasteiger partial charge < -0.3 is 9.30 Å². The van der Waals surface area contributed by atoms with Crippen LogP contribution in [0.15, 0.2) is 24.3 Å². The summed E-state index contributed by atoms with van der Waals surface area (Å²) in [6.07, 6.45) is 1.33. The van der Waals surface area contributed by atoms with Gasteiger partial charge in [0.05, 0.1) is 18.7 Å². The van der Waals surface area contributed by atoms with Crippen molar-refractivity contribution in [3.8, 4) is 11.4 Å². The number of hydrogen-bond acceptors (Lipinski definition) is 3. The lowest BCUT2D eigenvalue weighted by Gasteiger charge is -2.23. The highest BCUT2D eigenvalue weighted by Gasteiger charge is 2.29. The molecule has 2 aromatic rings. The Balaban J connectivity index is 2.03. The molecule has 1 aliphatic rings. The van der Waals surface area contributed by atoms with Gasteiger partial charge in [0.25, 0.3) is 0 Å². The van der Waals surface area contributed by atoms with E-state index in [4.69, 9.17) is 16.3 Å². The molecule has 0 saturated carbocycles. The van der Waals surface area contributed by atoms with Crippen LogP contribution >= 0.6 is 11.6 Å². The summed E-state index contributed by atoms with van der Waals surface area (Å²) in [6.45, 7) is 0.452. The van der Waals surface area contributed by atoms with Gasteiger partial charge in [0.2, 0.25) is 0 Å². The highest BCUT2D eigenvalue weighted by molar-refractivity contribution is 6.30. The van der Waals surface area contributed by atoms with Crippen molar-refractivity contribution < 1.29 is 13.9 Å². The molecule has 0 saturated heterocycles. The average molecular weight is 309 g/mol. The molecule has 21 heavy (non-hydrogen) atoms. The highest BCUT2D eigenvalue weighted by atomic mass is 35.5. The molecule has 4 nitrogen and oxygen atoms in total. The van der Waals surface area contributed by atoms with E-state index in [1.54, 1.807) is 12.1 Å². The Bertz CT molecular complexity index is 699. The van der Waals surface area contributed by atoms with Crippen molar-refractivity contribution in [1.29, 1.82) is 0 Å². The molecule has 0 spiro atoms. The van der Waals surface area contributed by atoms with Gasteiger partial charge in [-0.1, -0.05) is 23.7 Å². The number of aromatic nitrogens is 2. The van der Waals surface area contributed by atoms with Crippen molar-refractivity contribution in [3.05, 3.63) is 40.9 Å². The van der Waals surface area contributed by atoms with Crippen LogP contribution in [0.3, 0.4) is 0 Å². The summed E-state index contributed by atoms with van der Waals surface area (Å²) in [5.41, 5.74) is 1.53. The Morgan fingerprint density at radius 2 is 2.33 bits per heavy atom. The van der Waals surface area contributed by atoms with Gasteiger partial charge in [-0.3, -0.25) is 4.79 Å². The minimum absolute atomic E-state index is 0.222. The van der Waals surface area contributed by atoms with Gasteiger partial charge in [0.1, 0.15) is 11.6 Å². The minimum Gasteiger partial charge on any atom is -0.469 e. The summed E-state index contributed by atoms with van der Waals surface area (Å²) in [5, 5.41) is 0.414. The van der Waals surface area contributed by atoms with Crippen LogP contribution < -0.4 is 0 Å². The second-order valence-electron chi connectivity index (χ2n) is 5.05. The summed E-state index contributed by atoms with van der Waals surface area (Å²) in [4.78, 5) is 16.1. The quantitative estimate of drug-likeness (QED) is 0.801. The van der Waals surface area contributed by atoms with Crippen molar-refractivity contribution in [2.45, 2.75) is 19.4 Å². The molecule has 0 radical (unpaired) electrons. The average Bonchev–Trinajstić information content (AvgIpc) is 2.83. The third-order valence-corrected chi connectivity index (χ3v) is 4.08. The Kier molecular flexibility index (Phi) is 3.68. The first kappa shape index (κ1) is 14.1. The summed E-state index contributed by atoms with van der Waals surface area (Å²) >= 11 is 6.17. The van der Waals surface area contributed by atoms with Crippen LogP contribution in [-0.4, -0.2) is 22.6 Å². The van der Waals surface area contributed by atoms with Crippen LogP contribution in [0, 0.1) is 11.7 Å². The van der Waals surface area contributed by atoms with Gasteiger partial charge in [-0.2, -0.15) is 0 Å². The van der Waals surface area contributed by atoms with Crippen LogP contribution in [0.4, 0.5) is 4.39 Å². The zero-order chi connectivity index (χ0) is 15.0. The van der Waals surface area contributed by atoms with E-state index in [9.17, 15) is 9.18 Å². The minimum atomic E-state index is -0.332. The van der Waals surface area contributed by atoms with E-state index in [0.29, 0.717) is 35.9 Å². The Morgan fingerprint density at radius 1 is 1.52 bits per heavy atom. The van der Waals surface area contributed by atoms with Gasteiger partial charge in [-0.15, -0.1) is 0 Å². The molecule has 1 aliphatic heterocycles. The molecule has 0 fully saturated rings. The summed E-state index contributed by atoms with van der Waals surface area (Å²) in [7, 11) is 1.38. The zero-order valence-corrected chi connectivity index (χ0v) is 12.2. The van der Waals surface area contributed by atoms with Crippen molar-refractivity contribution in [2.75, 3.05) is 7.11 Å². The SMILES string of the molecule is COC(=O)C1CCc2c(Cl)nc(-c3cccc(F)c3)n2C1. The van der Waals surface area contributed by atoms with E-state index in [-0.39, 0.29) is 17.7 Å². The summed E-state index contributed by atoms with van der Waals surface area (Å²) in [6, 6.07) is 6.19. The number of nitrogens with zero attached hydrogens (tertiary/aromatic N) is 2. The van der Waals surface area contributed by atoms with Gasteiger partial charge in [0.15, 0.2) is 5.15 Å². The van der Waals surface area contributed by atoms with E-state index >= 15 is 0 Å². The van der Waals surface area contributed by atoms with Crippen LogP contribution in [-0.2, 0) is 22.5 Å². The number of rotatable bonds is 2. The molecule has 0 N–H and O–H groups in total. The third-order valence-electron chi connectivity index (χ3n) is 3.77. The Labute approximate surface area is 126 Å². The highest BCUT2D eigenvalue weighted by Crippen LogP contribution is 2.32. The summed E-state index contributed by atoms with van der Waals surface area (Å²) in [5.74, 6) is -0.208. The number of carbonyl (C=O) groups is 1. The maximum atomic E-state index is 13.4. The first-order chi connectivity index (χ1) is 10.1. The van der Waals surface area contributed by atoms with Crippen molar-refractivity contribution in [3.63, 3.8) is 0 Å². The van der Waals surface area contributed by atoms with Gasteiger partial charge in [-0.25, -0.2) is 9.37 Å². The molecule has 1 aromatic heterocycles. The fourth-order valence-corrected chi connectivity index (χ4v) is 3.00. The molecule has 0 amide bonds. The smallest absolute Gasteiger partial charge is 0.310 e. The van der Waals surface area contributed by atoms with Crippen LogP contribution in [0.1, 0.15) is 12.1 Å². The number of carbonyl (C=O) groups excluding carboxylic acids is 1. The molecule has 1 aromatic carbocycles. The van der Waals surface area contributed by atoms with Crippen LogP contribution in [0.2, 0.25) is 5.15 Å². The molecule has 3 rings (SSSR count). The molecular weight excluding hydrogens is 295 g/mol. The molecule has 6 heteroatoms. The van der Waals surface area contributed by atoms with Crippen molar-refractivity contribution in [1.82, 2.24) is 9.55 Å². The molecular formula is C15H14ClFN2O2. The lowest BCUT2D eigenvalue weighted by atomic mass is 9.98. The van der Waals surface area contributed by atoms with Gasteiger partial charge >= 0.3 is 5.97 Å². The van der Waals surface area contributed by atoms with E-state index in [0.717, 1.165) is 5.69 Å².